The highest BCUT2D eigenvalue weighted by Gasteiger charge is 2.12. The molecule has 0 fully saturated rings. The molecule has 0 aliphatic rings. The summed E-state index contributed by atoms with van der Waals surface area (Å²) in [6.07, 6.45) is 0. The molecule has 0 aliphatic carbocycles. The molecular formula is C15H14N2O. The largest absolute Gasteiger partial charge is 0.506 e. The number of aromatic nitrogens is 2. The second kappa shape index (κ2) is 3.88. The maximum atomic E-state index is 9.82. The lowest BCUT2D eigenvalue weighted by atomic mass is 10.1. The molecule has 0 bridgehead atoms. The number of rotatable bonds is 1. The third-order valence-corrected chi connectivity index (χ3v) is 3.17. The summed E-state index contributed by atoms with van der Waals surface area (Å²) in [7, 11) is 1.90. The van der Waals surface area contributed by atoms with Gasteiger partial charge in [0, 0.05) is 18.0 Å². The van der Waals surface area contributed by atoms with E-state index in [4.69, 9.17) is 0 Å². The molecule has 1 N–H and O–H groups in total. The van der Waals surface area contributed by atoms with E-state index in [0.717, 1.165) is 16.6 Å². The third-order valence-electron chi connectivity index (χ3n) is 3.17. The highest BCUT2D eigenvalue weighted by molar-refractivity contribution is 5.96. The van der Waals surface area contributed by atoms with Gasteiger partial charge in [0.05, 0.1) is 5.69 Å². The summed E-state index contributed by atoms with van der Waals surface area (Å²) in [4.78, 5) is 0. The molecule has 0 aliphatic heterocycles. The smallest absolute Gasteiger partial charge is 0.143 e. The third kappa shape index (κ3) is 1.56. The zero-order valence-electron chi connectivity index (χ0n) is 10.4. The van der Waals surface area contributed by atoms with Crippen molar-refractivity contribution in [1.82, 2.24) is 9.78 Å². The van der Waals surface area contributed by atoms with Crippen molar-refractivity contribution in [2.75, 3.05) is 0 Å². The second-order valence-corrected chi connectivity index (χ2v) is 4.51. The number of aromatic hydroxyl groups is 1. The van der Waals surface area contributed by atoms with Crippen molar-refractivity contribution in [1.29, 1.82) is 0 Å². The van der Waals surface area contributed by atoms with Crippen LogP contribution in [-0.4, -0.2) is 14.9 Å². The minimum atomic E-state index is 0.224. The molecule has 0 radical (unpaired) electrons. The molecular weight excluding hydrogens is 224 g/mol. The number of aryl methyl sites for hydroxylation is 2. The van der Waals surface area contributed by atoms with Gasteiger partial charge < -0.3 is 5.11 Å². The van der Waals surface area contributed by atoms with Crippen LogP contribution >= 0.6 is 0 Å². The molecule has 2 aromatic carbocycles. The van der Waals surface area contributed by atoms with Gasteiger partial charge in [-0.3, -0.25) is 4.68 Å². The lowest BCUT2D eigenvalue weighted by Gasteiger charge is -2.03. The quantitative estimate of drug-likeness (QED) is 0.706. The maximum Gasteiger partial charge on any atom is 0.143 e. The van der Waals surface area contributed by atoms with Crippen molar-refractivity contribution in [3.63, 3.8) is 0 Å². The van der Waals surface area contributed by atoms with Crippen molar-refractivity contribution < 1.29 is 5.11 Å². The second-order valence-electron chi connectivity index (χ2n) is 4.51. The first-order chi connectivity index (χ1) is 8.66. The van der Waals surface area contributed by atoms with Crippen molar-refractivity contribution in [3.05, 3.63) is 48.0 Å². The number of phenols is 1. The van der Waals surface area contributed by atoms with E-state index in [1.807, 2.05) is 23.9 Å². The fourth-order valence-corrected chi connectivity index (χ4v) is 2.26. The van der Waals surface area contributed by atoms with Crippen molar-refractivity contribution in [2.45, 2.75) is 6.92 Å². The SMILES string of the molecule is Cc1ccc(-c2c3cccc(O)c3nn2C)cc1. The number of hydrogen-bond donors (Lipinski definition) is 1. The number of benzene rings is 2. The molecule has 90 valence electrons. The fraction of sp³-hybridized carbons (Fsp3) is 0.133. The van der Waals surface area contributed by atoms with Crippen LogP contribution in [0, 0.1) is 6.92 Å². The highest BCUT2D eigenvalue weighted by Crippen LogP contribution is 2.32. The molecule has 0 saturated carbocycles. The highest BCUT2D eigenvalue weighted by atomic mass is 16.3. The summed E-state index contributed by atoms with van der Waals surface area (Å²) in [6.45, 7) is 2.07. The van der Waals surface area contributed by atoms with Crippen LogP contribution in [-0.2, 0) is 7.05 Å². The zero-order valence-corrected chi connectivity index (χ0v) is 10.4. The number of hydrogen-bond acceptors (Lipinski definition) is 2. The summed E-state index contributed by atoms with van der Waals surface area (Å²) in [5.41, 5.74) is 4.01. The van der Waals surface area contributed by atoms with Gasteiger partial charge in [-0.05, 0) is 13.0 Å². The normalized spacial score (nSPS) is 11.0. The molecule has 18 heavy (non-hydrogen) atoms. The van der Waals surface area contributed by atoms with Crippen LogP contribution in [0.3, 0.4) is 0 Å². The first-order valence-electron chi connectivity index (χ1n) is 5.88. The van der Waals surface area contributed by atoms with Gasteiger partial charge in [0.2, 0.25) is 0 Å². The zero-order chi connectivity index (χ0) is 12.7. The van der Waals surface area contributed by atoms with Crippen LogP contribution in [0.4, 0.5) is 0 Å². The summed E-state index contributed by atoms with van der Waals surface area (Å²) in [6, 6.07) is 13.8. The molecule has 0 spiro atoms. The van der Waals surface area contributed by atoms with Gasteiger partial charge in [-0.1, -0.05) is 42.0 Å². The van der Waals surface area contributed by atoms with Gasteiger partial charge >= 0.3 is 0 Å². The molecule has 1 heterocycles. The molecule has 3 heteroatoms. The van der Waals surface area contributed by atoms with E-state index in [1.165, 1.54) is 5.56 Å². The van der Waals surface area contributed by atoms with E-state index >= 15 is 0 Å². The topological polar surface area (TPSA) is 38.1 Å². The molecule has 0 atom stereocenters. The lowest BCUT2D eigenvalue weighted by molar-refractivity contribution is 0.479. The summed E-state index contributed by atoms with van der Waals surface area (Å²) >= 11 is 0. The lowest BCUT2D eigenvalue weighted by Crippen LogP contribution is -1.93. The minimum absolute atomic E-state index is 0.224. The Bertz CT molecular complexity index is 711. The Morgan fingerprint density at radius 3 is 2.50 bits per heavy atom. The predicted octanol–water partition coefficient (Wildman–Crippen LogP) is 3.25. The van der Waals surface area contributed by atoms with Gasteiger partial charge in [-0.15, -0.1) is 0 Å². The van der Waals surface area contributed by atoms with Crippen molar-refractivity contribution >= 4 is 10.9 Å². The molecule has 3 nitrogen and oxygen atoms in total. The molecule has 0 amide bonds. The van der Waals surface area contributed by atoms with Crippen LogP contribution < -0.4 is 0 Å². The average Bonchev–Trinajstić information content (AvgIpc) is 2.69. The van der Waals surface area contributed by atoms with Crippen LogP contribution in [0.25, 0.3) is 22.2 Å². The Labute approximate surface area is 105 Å². The van der Waals surface area contributed by atoms with Gasteiger partial charge in [-0.25, -0.2) is 0 Å². The molecule has 3 aromatic rings. The first kappa shape index (κ1) is 10.8. The van der Waals surface area contributed by atoms with Crippen molar-refractivity contribution in [2.24, 2.45) is 7.05 Å². The Kier molecular flexibility index (Phi) is 2.33. The van der Waals surface area contributed by atoms with E-state index in [-0.39, 0.29) is 5.75 Å². The minimum Gasteiger partial charge on any atom is -0.506 e. The van der Waals surface area contributed by atoms with Gasteiger partial charge in [-0.2, -0.15) is 5.10 Å². The van der Waals surface area contributed by atoms with Crippen LogP contribution in [0.2, 0.25) is 0 Å². The van der Waals surface area contributed by atoms with E-state index < -0.39 is 0 Å². The van der Waals surface area contributed by atoms with Crippen LogP contribution in [0.1, 0.15) is 5.56 Å². The summed E-state index contributed by atoms with van der Waals surface area (Å²) in [5.74, 6) is 0.224. The van der Waals surface area contributed by atoms with E-state index in [0.29, 0.717) is 5.52 Å². The van der Waals surface area contributed by atoms with Crippen molar-refractivity contribution in [3.8, 4) is 17.0 Å². The Balaban J connectivity index is 2.32. The molecule has 1 aromatic heterocycles. The van der Waals surface area contributed by atoms with Crippen LogP contribution in [0.5, 0.6) is 5.75 Å². The standard InChI is InChI=1S/C15H14N2O/c1-10-6-8-11(9-7-10)15-12-4-3-5-13(18)14(12)16-17(15)2/h3-9,18H,1-2H3. The average molecular weight is 238 g/mol. The van der Waals surface area contributed by atoms with Gasteiger partial charge in [0.1, 0.15) is 11.3 Å². The van der Waals surface area contributed by atoms with Gasteiger partial charge in [0.25, 0.3) is 0 Å². The number of nitrogens with zero attached hydrogens (tertiary/aromatic N) is 2. The number of phenolic OH excluding ortho intramolecular Hbond substituents is 1. The van der Waals surface area contributed by atoms with Gasteiger partial charge in [0.15, 0.2) is 0 Å². The molecule has 3 rings (SSSR count). The Morgan fingerprint density at radius 2 is 1.78 bits per heavy atom. The Hall–Kier alpha value is -2.29. The monoisotopic (exact) mass is 238 g/mol. The fourth-order valence-electron chi connectivity index (χ4n) is 2.26. The summed E-state index contributed by atoms with van der Waals surface area (Å²) < 4.78 is 1.81. The van der Waals surface area contributed by atoms with E-state index in [1.54, 1.807) is 6.07 Å². The first-order valence-corrected chi connectivity index (χ1v) is 5.88. The Morgan fingerprint density at radius 1 is 1.06 bits per heavy atom. The van der Waals surface area contributed by atoms with E-state index in [9.17, 15) is 5.11 Å². The maximum absolute atomic E-state index is 9.82. The molecule has 0 unspecified atom stereocenters. The van der Waals surface area contributed by atoms with E-state index in [2.05, 4.69) is 36.3 Å². The number of fused-ring (bicyclic) bond motifs is 1. The molecule has 0 saturated heterocycles. The van der Waals surface area contributed by atoms with Crippen LogP contribution in [0.15, 0.2) is 42.5 Å². The summed E-state index contributed by atoms with van der Waals surface area (Å²) in [5, 5.41) is 15.2. The predicted molar refractivity (Wildman–Crippen MR) is 72.6 cm³/mol.